The van der Waals surface area contributed by atoms with Crippen molar-refractivity contribution < 1.29 is 38.2 Å². The number of amides is 1. The average molecular weight is 411 g/mol. The Morgan fingerprint density at radius 1 is 1.03 bits per heavy atom. The van der Waals surface area contributed by atoms with Crippen molar-refractivity contribution in [1.29, 1.82) is 0 Å². The molecule has 1 amide bonds. The van der Waals surface area contributed by atoms with Gasteiger partial charge in [-0.2, -0.15) is 0 Å². The van der Waals surface area contributed by atoms with E-state index in [0.717, 1.165) is 18.9 Å². The van der Waals surface area contributed by atoms with Gasteiger partial charge in [-0.15, -0.1) is 0 Å². The summed E-state index contributed by atoms with van der Waals surface area (Å²) in [5.41, 5.74) is -0.801. The van der Waals surface area contributed by atoms with E-state index >= 15 is 0 Å². The van der Waals surface area contributed by atoms with Crippen LogP contribution in [0.4, 0.5) is 4.79 Å². The second-order valence-electron chi connectivity index (χ2n) is 6.95. The first-order chi connectivity index (χ1) is 13.4. The molecule has 2 aromatic rings. The molecule has 29 heavy (non-hydrogen) atoms. The molecule has 0 aliphatic heterocycles. The van der Waals surface area contributed by atoms with Crippen LogP contribution in [0.2, 0.25) is 0 Å². The van der Waals surface area contributed by atoms with Gasteiger partial charge in [-0.3, -0.25) is 0 Å². The van der Waals surface area contributed by atoms with Crippen molar-refractivity contribution in [1.82, 2.24) is 14.9 Å². The first kappa shape index (κ1) is 23.7. The lowest BCUT2D eigenvalue weighted by atomic mass is 10.2. The molecule has 11 nitrogen and oxygen atoms in total. The molecule has 0 unspecified atom stereocenters. The number of ether oxygens (including phenoxy) is 1. The van der Waals surface area contributed by atoms with Crippen LogP contribution >= 0.6 is 0 Å². The third-order valence-corrected chi connectivity index (χ3v) is 3.08. The molecule has 0 radical (unpaired) electrons. The number of hydrogen-bond donors (Lipinski definition) is 2. The highest BCUT2D eigenvalue weighted by atomic mass is 16.6. The second-order valence-corrected chi connectivity index (χ2v) is 6.95. The Morgan fingerprint density at radius 2 is 1.52 bits per heavy atom. The molecule has 0 fully saturated rings. The molecule has 0 aliphatic rings. The minimum absolute atomic E-state index is 0.0200. The van der Waals surface area contributed by atoms with Gasteiger partial charge < -0.3 is 28.7 Å². The summed E-state index contributed by atoms with van der Waals surface area (Å²) in [7, 11) is 1.51. The van der Waals surface area contributed by atoms with E-state index in [4.69, 9.17) is 23.8 Å². The van der Waals surface area contributed by atoms with Crippen LogP contribution in [-0.4, -0.2) is 55.8 Å². The van der Waals surface area contributed by atoms with Gasteiger partial charge in [0.05, 0.1) is 0 Å². The fourth-order valence-electron chi connectivity index (χ4n) is 1.83. The van der Waals surface area contributed by atoms with Gasteiger partial charge in [-0.25, -0.2) is 24.4 Å². The van der Waals surface area contributed by atoms with Crippen molar-refractivity contribution in [3.8, 4) is 0 Å². The van der Waals surface area contributed by atoms with Gasteiger partial charge in [0, 0.05) is 13.5 Å². The van der Waals surface area contributed by atoms with Crippen LogP contribution in [0.1, 0.15) is 66.9 Å². The Labute approximate surface area is 167 Å². The summed E-state index contributed by atoms with van der Waals surface area (Å²) in [6.45, 7) is 7.29. The number of aromatic carboxylic acids is 2. The zero-order valence-corrected chi connectivity index (χ0v) is 17.0. The summed E-state index contributed by atoms with van der Waals surface area (Å²) < 4.78 is 14.9. The second kappa shape index (κ2) is 10.2. The minimum atomic E-state index is -1.18. The Balaban J connectivity index is 0.000000326. The van der Waals surface area contributed by atoms with Crippen molar-refractivity contribution in [3.63, 3.8) is 0 Å². The highest BCUT2D eigenvalue weighted by Gasteiger charge is 2.21. The van der Waals surface area contributed by atoms with Crippen molar-refractivity contribution >= 4 is 18.0 Å². The van der Waals surface area contributed by atoms with E-state index in [1.807, 2.05) is 6.92 Å². The predicted octanol–water partition coefficient (Wildman–Crippen LogP) is 3.07. The smallest absolute Gasteiger partial charge is 0.410 e. The third-order valence-electron chi connectivity index (χ3n) is 3.08. The van der Waals surface area contributed by atoms with E-state index < -0.39 is 23.6 Å². The molecule has 0 saturated heterocycles. The van der Waals surface area contributed by atoms with Crippen molar-refractivity contribution in [2.75, 3.05) is 7.05 Å². The number of carbonyl (C=O) groups is 3. The van der Waals surface area contributed by atoms with E-state index in [-0.39, 0.29) is 23.8 Å². The molecule has 0 atom stereocenters. The molecule has 11 heteroatoms. The van der Waals surface area contributed by atoms with Gasteiger partial charge in [-0.05, 0) is 27.2 Å². The SMILES string of the molecule is CCCc1nc(C(=O)O)co1.CN(Cc1nc(C(=O)O)co1)C(=O)OC(C)(C)C. The van der Waals surface area contributed by atoms with Crippen LogP contribution < -0.4 is 0 Å². The number of aromatic nitrogens is 2. The molecule has 2 N–H and O–H groups in total. The number of rotatable bonds is 6. The molecule has 2 aromatic heterocycles. The molecule has 0 bridgehead atoms. The zero-order valence-electron chi connectivity index (χ0n) is 17.0. The number of oxazole rings is 2. The Morgan fingerprint density at radius 3 is 1.93 bits per heavy atom. The topological polar surface area (TPSA) is 156 Å². The minimum Gasteiger partial charge on any atom is -0.476 e. The largest absolute Gasteiger partial charge is 0.476 e. The van der Waals surface area contributed by atoms with E-state index in [1.165, 1.54) is 11.9 Å². The Bertz CT molecular complexity index is 834. The lowest BCUT2D eigenvalue weighted by Crippen LogP contribution is -2.33. The van der Waals surface area contributed by atoms with Crippen LogP contribution in [0.3, 0.4) is 0 Å². The van der Waals surface area contributed by atoms with E-state index in [0.29, 0.717) is 12.3 Å². The summed E-state index contributed by atoms with van der Waals surface area (Å²) >= 11 is 0. The van der Waals surface area contributed by atoms with Gasteiger partial charge in [-0.1, -0.05) is 6.92 Å². The number of aryl methyl sites for hydroxylation is 1. The number of nitrogens with zero attached hydrogens (tertiary/aromatic N) is 3. The summed E-state index contributed by atoms with van der Waals surface area (Å²) in [4.78, 5) is 41.2. The van der Waals surface area contributed by atoms with Gasteiger partial charge in [0.2, 0.25) is 5.89 Å². The van der Waals surface area contributed by atoms with E-state index in [2.05, 4.69) is 9.97 Å². The number of carboxylic acids is 2. The highest BCUT2D eigenvalue weighted by Crippen LogP contribution is 2.11. The van der Waals surface area contributed by atoms with Crippen molar-refractivity contribution in [2.24, 2.45) is 0 Å². The highest BCUT2D eigenvalue weighted by molar-refractivity contribution is 5.85. The molecular formula is C18H25N3O8. The van der Waals surface area contributed by atoms with Crippen LogP contribution in [-0.2, 0) is 17.7 Å². The van der Waals surface area contributed by atoms with Crippen LogP contribution in [0.15, 0.2) is 21.4 Å². The molecule has 0 spiro atoms. The maximum atomic E-state index is 11.6. The quantitative estimate of drug-likeness (QED) is 0.724. The summed E-state index contributed by atoms with van der Waals surface area (Å²) in [6.07, 6.45) is 3.25. The molecule has 2 rings (SSSR count). The number of carboxylic acid groups (broad SMARTS) is 2. The standard InChI is InChI=1S/C11H16N2O5.C7H9NO3/c1-11(2,3)18-10(16)13(4)5-8-12-7(6-17-8)9(14)15;1-2-3-6-8-5(4-11-6)7(9)10/h6H,5H2,1-4H3,(H,14,15);4H,2-3H2,1H3,(H,9,10). The molecular weight excluding hydrogens is 386 g/mol. The Hall–Kier alpha value is -3.37. The predicted molar refractivity (Wildman–Crippen MR) is 98.6 cm³/mol. The monoisotopic (exact) mass is 411 g/mol. The fraction of sp³-hybridized carbons (Fsp3) is 0.500. The third kappa shape index (κ3) is 8.45. The summed E-state index contributed by atoms with van der Waals surface area (Å²) in [6, 6.07) is 0. The maximum absolute atomic E-state index is 11.6. The van der Waals surface area contributed by atoms with Crippen LogP contribution in [0.25, 0.3) is 0 Å². The van der Waals surface area contributed by atoms with Crippen molar-refractivity contribution in [3.05, 3.63) is 35.7 Å². The number of hydrogen-bond acceptors (Lipinski definition) is 8. The lowest BCUT2D eigenvalue weighted by Gasteiger charge is -2.23. The molecule has 2 heterocycles. The molecule has 0 saturated carbocycles. The van der Waals surface area contributed by atoms with Gasteiger partial charge in [0.1, 0.15) is 24.7 Å². The van der Waals surface area contributed by atoms with E-state index in [9.17, 15) is 14.4 Å². The molecule has 0 aliphatic carbocycles. The summed E-state index contributed by atoms with van der Waals surface area (Å²) in [5, 5.41) is 17.1. The normalized spacial score (nSPS) is 10.7. The van der Waals surface area contributed by atoms with Gasteiger partial charge >= 0.3 is 18.0 Å². The van der Waals surface area contributed by atoms with Crippen LogP contribution in [0.5, 0.6) is 0 Å². The van der Waals surface area contributed by atoms with Crippen molar-refractivity contribution in [2.45, 2.75) is 52.7 Å². The average Bonchev–Trinajstić information content (AvgIpc) is 3.24. The van der Waals surface area contributed by atoms with Gasteiger partial charge in [0.15, 0.2) is 17.3 Å². The number of carbonyl (C=O) groups excluding carboxylic acids is 1. The first-order valence-corrected chi connectivity index (χ1v) is 8.72. The lowest BCUT2D eigenvalue weighted by molar-refractivity contribution is 0.0271. The van der Waals surface area contributed by atoms with Gasteiger partial charge in [0.25, 0.3) is 0 Å². The van der Waals surface area contributed by atoms with Crippen LogP contribution in [0, 0.1) is 0 Å². The first-order valence-electron chi connectivity index (χ1n) is 8.72. The Kier molecular flexibility index (Phi) is 8.37. The van der Waals surface area contributed by atoms with E-state index in [1.54, 1.807) is 20.8 Å². The molecule has 160 valence electrons. The zero-order chi connectivity index (χ0) is 22.2. The summed E-state index contributed by atoms with van der Waals surface area (Å²) in [5.74, 6) is -1.59. The molecule has 0 aromatic carbocycles. The maximum Gasteiger partial charge on any atom is 0.410 e. The fourth-order valence-corrected chi connectivity index (χ4v) is 1.83.